The highest BCUT2D eigenvalue weighted by atomic mass is 16.5. The van der Waals surface area contributed by atoms with E-state index in [-0.39, 0.29) is 24.4 Å². The largest absolute Gasteiger partial charge is 0.466 e. The van der Waals surface area contributed by atoms with E-state index in [1.54, 1.807) is 0 Å². The number of hydrogen-bond acceptors (Lipinski definition) is 3. The molecular formula is C19H28O3. The molecule has 1 rings (SSSR count). The van der Waals surface area contributed by atoms with Gasteiger partial charge in [-0.05, 0) is 45.1 Å². The molecule has 1 N–H and O–H groups in total. The first-order valence-corrected chi connectivity index (χ1v) is 7.99. The number of ether oxygens (including phenoxy) is 1. The molecule has 122 valence electrons. The first-order chi connectivity index (χ1) is 10.5. The number of benzene rings is 1. The lowest BCUT2D eigenvalue weighted by Gasteiger charge is -2.23. The highest BCUT2D eigenvalue weighted by Crippen LogP contribution is 2.31. The number of aliphatic hydroxyl groups excluding tert-OH is 1. The molecule has 1 unspecified atom stereocenters. The molecule has 1 aromatic carbocycles. The number of carbonyl (C=O) groups is 1. The van der Waals surface area contributed by atoms with Crippen LogP contribution in [-0.4, -0.2) is 24.3 Å². The molecule has 0 saturated heterocycles. The minimum absolute atomic E-state index is 0.0859. The summed E-state index contributed by atoms with van der Waals surface area (Å²) in [5.74, 6) is -0.192. The lowest BCUT2D eigenvalue weighted by Crippen LogP contribution is -2.22. The van der Waals surface area contributed by atoms with E-state index >= 15 is 0 Å². The van der Waals surface area contributed by atoms with Crippen LogP contribution >= 0.6 is 0 Å². The van der Waals surface area contributed by atoms with Crippen LogP contribution in [0.4, 0.5) is 0 Å². The topological polar surface area (TPSA) is 46.5 Å². The van der Waals surface area contributed by atoms with Crippen LogP contribution in [-0.2, 0) is 9.53 Å². The Kier molecular flexibility index (Phi) is 7.89. The highest BCUT2D eigenvalue weighted by molar-refractivity contribution is 5.73. The summed E-state index contributed by atoms with van der Waals surface area (Å²) in [5.41, 5.74) is 3.34. The molecule has 2 atom stereocenters. The second-order valence-electron chi connectivity index (χ2n) is 5.85. The molecule has 0 aliphatic heterocycles. The van der Waals surface area contributed by atoms with Crippen molar-refractivity contribution in [2.45, 2.75) is 46.5 Å². The van der Waals surface area contributed by atoms with Crippen molar-refractivity contribution in [3.63, 3.8) is 0 Å². The molecule has 3 heteroatoms. The maximum absolute atomic E-state index is 12.1. The van der Waals surface area contributed by atoms with E-state index in [0.717, 1.165) is 18.4 Å². The van der Waals surface area contributed by atoms with Crippen LogP contribution in [0.1, 0.15) is 50.7 Å². The number of aryl methyl sites for hydroxylation is 1. The van der Waals surface area contributed by atoms with E-state index in [9.17, 15) is 4.79 Å². The van der Waals surface area contributed by atoms with Gasteiger partial charge in [-0.1, -0.05) is 48.4 Å². The van der Waals surface area contributed by atoms with Gasteiger partial charge in [0.15, 0.2) is 0 Å². The monoisotopic (exact) mass is 304 g/mol. The van der Waals surface area contributed by atoms with Crippen LogP contribution in [0.25, 0.3) is 0 Å². The molecule has 0 bridgehead atoms. The Morgan fingerprint density at radius 2 is 2.14 bits per heavy atom. The lowest BCUT2D eigenvalue weighted by molar-refractivity contribution is -0.148. The predicted molar refractivity (Wildman–Crippen MR) is 89.8 cm³/mol. The maximum Gasteiger partial charge on any atom is 0.309 e. The molecule has 0 saturated carbocycles. The molecule has 0 aliphatic carbocycles. The SMILES string of the molecule is CCOC(=O)C(C)[C@H](CC/C=C(\C)CO)c1cccc(C)c1. The zero-order valence-electron chi connectivity index (χ0n) is 14.1. The van der Waals surface area contributed by atoms with Crippen molar-refractivity contribution in [1.29, 1.82) is 0 Å². The third-order valence-electron chi connectivity index (χ3n) is 3.95. The summed E-state index contributed by atoms with van der Waals surface area (Å²) in [6.07, 6.45) is 3.75. The van der Waals surface area contributed by atoms with Gasteiger partial charge >= 0.3 is 5.97 Å². The maximum atomic E-state index is 12.1. The summed E-state index contributed by atoms with van der Waals surface area (Å²) in [6, 6.07) is 8.31. The van der Waals surface area contributed by atoms with E-state index < -0.39 is 0 Å². The fourth-order valence-corrected chi connectivity index (χ4v) is 2.62. The second kappa shape index (κ2) is 9.42. The summed E-state index contributed by atoms with van der Waals surface area (Å²) in [4.78, 5) is 12.1. The van der Waals surface area contributed by atoms with Crippen LogP contribution in [0, 0.1) is 12.8 Å². The Labute approximate surface area is 134 Å². The molecule has 0 heterocycles. The van der Waals surface area contributed by atoms with E-state index in [1.165, 1.54) is 11.1 Å². The molecule has 0 aromatic heterocycles. The first kappa shape index (κ1) is 18.4. The molecule has 0 fully saturated rings. The quantitative estimate of drug-likeness (QED) is 0.583. The number of hydrogen-bond donors (Lipinski definition) is 1. The molecular weight excluding hydrogens is 276 g/mol. The fraction of sp³-hybridized carbons (Fsp3) is 0.526. The molecule has 0 spiro atoms. The minimum Gasteiger partial charge on any atom is -0.466 e. The van der Waals surface area contributed by atoms with Crippen molar-refractivity contribution in [3.05, 3.63) is 47.0 Å². The zero-order valence-corrected chi connectivity index (χ0v) is 14.1. The van der Waals surface area contributed by atoms with Gasteiger partial charge in [-0.2, -0.15) is 0 Å². The van der Waals surface area contributed by atoms with Crippen LogP contribution in [0.5, 0.6) is 0 Å². The molecule has 3 nitrogen and oxygen atoms in total. The predicted octanol–water partition coefficient (Wildman–Crippen LogP) is 4.00. The Morgan fingerprint density at radius 3 is 2.73 bits per heavy atom. The summed E-state index contributed by atoms with van der Waals surface area (Å²) in [6.45, 7) is 8.24. The van der Waals surface area contributed by atoms with Crippen LogP contribution < -0.4 is 0 Å². The Morgan fingerprint density at radius 1 is 1.41 bits per heavy atom. The van der Waals surface area contributed by atoms with Crippen molar-refractivity contribution in [1.82, 2.24) is 0 Å². The summed E-state index contributed by atoms with van der Waals surface area (Å²) in [7, 11) is 0. The summed E-state index contributed by atoms with van der Waals surface area (Å²) >= 11 is 0. The zero-order chi connectivity index (χ0) is 16.5. The normalized spacial score (nSPS) is 14.5. The van der Waals surface area contributed by atoms with Crippen LogP contribution in [0.3, 0.4) is 0 Å². The van der Waals surface area contributed by atoms with E-state index in [2.05, 4.69) is 25.1 Å². The van der Waals surface area contributed by atoms with E-state index in [0.29, 0.717) is 6.61 Å². The number of esters is 1. The van der Waals surface area contributed by atoms with Crippen LogP contribution in [0.15, 0.2) is 35.9 Å². The van der Waals surface area contributed by atoms with Gasteiger partial charge in [-0.3, -0.25) is 4.79 Å². The average Bonchev–Trinajstić information content (AvgIpc) is 2.50. The van der Waals surface area contributed by atoms with Gasteiger partial charge < -0.3 is 9.84 Å². The molecule has 1 aromatic rings. The number of allylic oxidation sites excluding steroid dienone is 1. The van der Waals surface area contributed by atoms with Gasteiger partial charge in [-0.25, -0.2) is 0 Å². The summed E-state index contributed by atoms with van der Waals surface area (Å²) in [5, 5.41) is 9.08. The summed E-state index contributed by atoms with van der Waals surface area (Å²) < 4.78 is 5.19. The van der Waals surface area contributed by atoms with Gasteiger partial charge in [0.05, 0.1) is 19.1 Å². The number of rotatable bonds is 8. The number of aliphatic hydroxyl groups is 1. The standard InChI is InChI=1S/C19H28O3/c1-5-22-19(21)16(4)18(11-7-9-15(3)13-20)17-10-6-8-14(2)12-17/h6,8-10,12,16,18,20H,5,7,11,13H2,1-4H3/b15-9+/t16?,18-/m0/s1. The van der Waals surface area contributed by atoms with Gasteiger partial charge in [0, 0.05) is 0 Å². The molecule has 0 radical (unpaired) electrons. The van der Waals surface area contributed by atoms with Crippen LogP contribution in [0.2, 0.25) is 0 Å². The van der Waals surface area contributed by atoms with Crippen molar-refractivity contribution in [2.24, 2.45) is 5.92 Å². The fourth-order valence-electron chi connectivity index (χ4n) is 2.62. The van der Waals surface area contributed by atoms with Crippen molar-refractivity contribution in [2.75, 3.05) is 13.2 Å². The Bertz CT molecular complexity index is 505. The molecule has 22 heavy (non-hydrogen) atoms. The van der Waals surface area contributed by atoms with Gasteiger partial charge in [-0.15, -0.1) is 0 Å². The minimum atomic E-state index is -0.176. The van der Waals surface area contributed by atoms with Gasteiger partial charge in [0.25, 0.3) is 0 Å². The van der Waals surface area contributed by atoms with Crippen molar-refractivity contribution in [3.8, 4) is 0 Å². The Hall–Kier alpha value is -1.61. The van der Waals surface area contributed by atoms with E-state index in [1.807, 2.05) is 32.9 Å². The van der Waals surface area contributed by atoms with Crippen molar-refractivity contribution < 1.29 is 14.6 Å². The van der Waals surface area contributed by atoms with Crippen molar-refractivity contribution >= 4 is 5.97 Å². The third kappa shape index (κ3) is 5.64. The third-order valence-corrected chi connectivity index (χ3v) is 3.95. The first-order valence-electron chi connectivity index (χ1n) is 7.99. The smallest absolute Gasteiger partial charge is 0.309 e. The van der Waals surface area contributed by atoms with E-state index in [4.69, 9.17) is 9.84 Å². The van der Waals surface area contributed by atoms with Gasteiger partial charge in [0.2, 0.25) is 0 Å². The van der Waals surface area contributed by atoms with Gasteiger partial charge in [0.1, 0.15) is 0 Å². The second-order valence-corrected chi connectivity index (χ2v) is 5.85. The highest BCUT2D eigenvalue weighted by Gasteiger charge is 2.26. The lowest BCUT2D eigenvalue weighted by atomic mass is 9.83. The average molecular weight is 304 g/mol. The Balaban J connectivity index is 2.92. The number of carbonyl (C=O) groups excluding carboxylic acids is 1. The molecule has 0 aliphatic rings. The molecule has 0 amide bonds.